The van der Waals surface area contributed by atoms with E-state index in [2.05, 4.69) is 13.8 Å². The summed E-state index contributed by atoms with van der Waals surface area (Å²) >= 11 is 3.87. The molecule has 1 N–H and O–H groups in total. The Bertz CT molecular complexity index is 153. The summed E-state index contributed by atoms with van der Waals surface area (Å²) in [5.74, 6) is 2.18. The van der Waals surface area contributed by atoms with Crippen molar-refractivity contribution in [3.05, 3.63) is 0 Å². The summed E-state index contributed by atoms with van der Waals surface area (Å²) in [7, 11) is 0. The first-order chi connectivity index (χ1) is 6.79. The molecule has 1 rings (SSSR count). The van der Waals surface area contributed by atoms with Crippen LogP contribution in [-0.2, 0) is 4.74 Å². The standard InChI is InChI=1S/C10H20O2S2/c1-3-13-10(14-4-2)6-5-7-12-9(10)8-11/h9,11H,3-8H2,1-2H3. The Labute approximate surface area is 95.2 Å². The van der Waals surface area contributed by atoms with E-state index in [1.807, 2.05) is 23.5 Å². The van der Waals surface area contributed by atoms with E-state index in [1.54, 1.807) is 0 Å². The van der Waals surface area contributed by atoms with Gasteiger partial charge in [0.1, 0.15) is 6.10 Å². The second-order valence-corrected chi connectivity index (χ2v) is 6.77. The quantitative estimate of drug-likeness (QED) is 0.742. The summed E-state index contributed by atoms with van der Waals surface area (Å²) in [6, 6.07) is 0. The molecule has 1 fully saturated rings. The van der Waals surface area contributed by atoms with Gasteiger partial charge in [-0.1, -0.05) is 13.8 Å². The van der Waals surface area contributed by atoms with Gasteiger partial charge >= 0.3 is 0 Å². The Kier molecular flexibility index (Phi) is 5.67. The molecule has 0 aromatic carbocycles. The molecule has 4 heteroatoms. The zero-order valence-electron chi connectivity index (χ0n) is 8.99. The van der Waals surface area contributed by atoms with E-state index in [9.17, 15) is 5.11 Å². The molecule has 0 aromatic heterocycles. The van der Waals surface area contributed by atoms with Crippen molar-refractivity contribution < 1.29 is 9.84 Å². The van der Waals surface area contributed by atoms with Crippen LogP contribution < -0.4 is 0 Å². The molecule has 1 aliphatic rings. The van der Waals surface area contributed by atoms with Crippen molar-refractivity contribution in [1.82, 2.24) is 0 Å². The lowest BCUT2D eigenvalue weighted by Crippen LogP contribution is -2.45. The second-order valence-electron chi connectivity index (χ2n) is 3.32. The van der Waals surface area contributed by atoms with E-state index in [4.69, 9.17) is 4.74 Å². The van der Waals surface area contributed by atoms with Crippen LogP contribution in [0.5, 0.6) is 0 Å². The molecule has 0 amide bonds. The molecule has 0 bridgehead atoms. The van der Waals surface area contributed by atoms with Crippen LogP contribution in [-0.4, -0.2) is 40.0 Å². The number of hydrogen-bond acceptors (Lipinski definition) is 4. The molecule has 2 nitrogen and oxygen atoms in total. The SMILES string of the molecule is CCSC1(SCC)CCCOC1CO. The van der Waals surface area contributed by atoms with Gasteiger partial charge in [0.25, 0.3) is 0 Å². The third-order valence-electron chi connectivity index (χ3n) is 2.42. The molecule has 1 unspecified atom stereocenters. The smallest absolute Gasteiger partial charge is 0.104 e. The fraction of sp³-hybridized carbons (Fsp3) is 1.00. The number of rotatable bonds is 5. The number of thioether (sulfide) groups is 2. The van der Waals surface area contributed by atoms with Crippen molar-refractivity contribution in [2.45, 2.75) is 36.9 Å². The molecule has 84 valence electrons. The van der Waals surface area contributed by atoms with Crippen LogP contribution in [0.2, 0.25) is 0 Å². The maximum absolute atomic E-state index is 9.33. The third-order valence-corrected chi connectivity index (χ3v) is 5.62. The highest BCUT2D eigenvalue weighted by atomic mass is 32.2. The minimum Gasteiger partial charge on any atom is -0.394 e. The molecule has 1 saturated heterocycles. The first-order valence-electron chi connectivity index (χ1n) is 5.29. The summed E-state index contributed by atoms with van der Waals surface area (Å²) in [4.78, 5) is 0. The average molecular weight is 236 g/mol. The number of hydrogen-bond donors (Lipinski definition) is 1. The maximum atomic E-state index is 9.33. The van der Waals surface area contributed by atoms with Crippen LogP contribution in [0, 0.1) is 0 Å². The molecule has 0 spiro atoms. The van der Waals surface area contributed by atoms with Gasteiger partial charge in [-0.15, -0.1) is 23.5 Å². The predicted octanol–water partition coefficient (Wildman–Crippen LogP) is 2.36. The molecule has 0 radical (unpaired) electrons. The molecule has 0 aliphatic carbocycles. The predicted molar refractivity (Wildman–Crippen MR) is 65.1 cm³/mol. The number of ether oxygens (including phenoxy) is 1. The Morgan fingerprint density at radius 2 is 2.00 bits per heavy atom. The van der Waals surface area contributed by atoms with Crippen molar-refractivity contribution in [3.8, 4) is 0 Å². The number of aliphatic hydroxyl groups is 1. The molecule has 0 saturated carbocycles. The Morgan fingerprint density at radius 3 is 2.50 bits per heavy atom. The first kappa shape index (κ1) is 12.7. The Balaban J connectivity index is 2.68. The highest BCUT2D eigenvalue weighted by Gasteiger charge is 2.41. The van der Waals surface area contributed by atoms with Crippen LogP contribution in [0.4, 0.5) is 0 Å². The van der Waals surface area contributed by atoms with E-state index < -0.39 is 0 Å². The van der Waals surface area contributed by atoms with Crippen molar-refractivity contribution in [3.63, 3.8) is 0 Å². The zero-order valence-corrected chi connectivity index (χ0v) is 10.6. The van der Waals surface area contributed by atoms with E-state index >= 15 is 0 Å². The molecule has 0 aromatic rings. The fourth-order valence-corrected chi connectivity index (χ4v) is 5.14. The maximum Gasteiger partial charge on any atom is 0.104 e. The van der Waals surface area contributed by atoms with Gasteiger partial charge in [0.15, 0.2) is 0 Å². The van der Waals surface area contributed by atoms with Gasteiger partial charge in [-0.25, -0.2) is 0 Å². The zero-order chi connectivity index (χ0) is 10.4. The molecule has 1 aliphatic heterocycles. The highest BCUT2D eigenvalue weighted by molar-refractivity contribution is 8.18. The van der Waals surface area contributed by atoms with E-state index in [-0.39, 0.29) is 16.8 Å². The van der Waals surface area contributed by atoms with E-state index in [0.717, 1.165) is 31.0 Å². The third kappa shape index (κ3) is 2.81. The summed E-state index contributed by atoms with van der Waals surface area (Å²) in [5.41, 5.74) is 0. The normalized spacial score (nSPS) is 26.4. The number of aliphatic hydroxyl groups excluding tert-OH is 1. The highest BCUT2D eigenvalue weighted by Crippen LogP contribution is 2.47. The van der Waals surface area contributed by atoms with Crippen molar-refractivity contribution >= 4 is 23.5 Å². The summed E-state index contributed by atoms with van der Waals surface area (Å²) in [5, 5.41) is 9.33. The van der Waals surface area contributed by atoms with Crippen molar-refractivity contribution in [2.75, 3.05) is 24.7 Å². The lowest BCUT2D eigenvalue weighted by Gasteiger charge is -2.42. The van der Waals surface area contributed by atoms with Gasteiger partial charge in [-0.3, -0.25) is 0 Å². The van der Waals surface area contributed by atoms with Gasteiger partial charge in [0.2, 0.25) is 0 Å². The fourth-order valence-electron chi connectivity index (χ4n) is 1.88. The second kappa shape index (κ2) is 6.26. The molecular weight excluding hydrogens is 216 g/mol. The van der Waals surface area contributed by atoms with Crippen LogP contribution in [0.25, 0.3) is 0 Å². The molecule has 1 atom stereocenters. The Hall–Kier alpha value is 0.620. The molecule has 14 heavy (non-hydrogen) atoms. The van der Waals surface area contributed by atoms with E-state index in [1.165, 1.54) is 0 Å². The van der Waals surface area contributed by atoms with Crippen LogP contribution in [0.3, 0.4) is 0 Å². The van der Waals surface area contributed by atoms with Gasteiger partial charge < -0.3 is 9.84 Å². The lowest BCUT2D eigenvalue weighted by molar-refractivity contribution is -0.0200. The van der Waals surface area contributed by atoms with E-state index in [0.29, 0.717) is 0 Å². The van der Waals surface area contributed by atoms with Gasteiger partial charge in [0, 0.05) is 6.61 Å². The largest absolute Gasteiger partial charge is 0.394 e. The first-order valence-corrected chi connectivity index (χ1v) is 7.26. The molecular formula is C10H20O2S2. The van der Waals surface area contributed by atoms with Gasteiger partial charge in [-0.2, -0.15) is 0 Å². The van der Waals surface area contributed by atoms with Gasteiger partial charge in [0.05, 0.1) is 10.7 Å². The lowest BCUT2D eigenvalue weighted by atomic mass is 10.1. The Morgan fingerprint density at radius 1 is 1.36 bits per heavy atom. The summed E-state index contributed by atoms with van der Waals surface area (Å²) < 4.78 is 5.76. The minimum atomic E-state index is 0.0196. The average Bonchev–Trinajstić information content (AvgIpc) is 2.19. The molecule has 1 heterocycles. The van der Waals surface area contributed by atoms with Crippen LogP contribution in [0.15, 0.2) is 0 Å². The minimum absolute atomic E-state index is 0.0196. The summed E-state index contributed by atoms with van der Waals surface area (Å²) in [6.07, 6.45) is 2.30. The van der Waals surface area contributed by atoms with Gasteiger partial charge in [-0.05, 0) is 24.3 Å². The van der Waals surface area contributed by atoms with Crippen molar-refractivity contribution in [2.24, 2.45) is 0 Å². The van der Waals surface area contributed by atoms with Crippen LogP contribution >= 0.6 is 23.5 Å². The topological polar surface area (TPSA) is 29.5 Å². The van der Waals surface area contributed by atoms with Crippen LogP contribution in [0.1, 0.15) is 26.7 Å². The van der Waals surface area contributed by atoms with Crippen molar-refractivity contribution in [1.29, 1.82) is 0 Å². The monoisotopic (exact) mass is 236 g/mol. The summed E-state index contributed by atoms with van der Waals surface area (Å²) in [6.45, 7) is 5.30.